The molecule has 2 N–H and O–H groups in total. The van der Waals surface area contributed by atoms with Crippen LogP contribution in [0.25, 0.3) is 0 Å². The summed E-state index contributed by atoms with van der Waals surface area (Å²) in [6, 6.07) is 0.289. The summed E-state index contributed by atoms with van der Waals surface area (Å²) in [5, 5.41) is 11.9. The molecule has 5 nitrogen and oxygen atoms in total. The largest absolute Gasteiger partial charge is 0.481 e. The fourth-order valence-corrected chi connectivity index (χ4v) is 4.36. The summed E-state index contributed by atoms with van der Waals surface area (Å²) in [7, 11) is 0. The maximum atomic E-state index is 11.8. The lowest BCUT2D eigenvalue weighted by atomic mass is 10.0. The second kappa shape index (κ2) is 6.20. The summed E-state index contributed by atoms with van der Waals surface area (Å²) in [6.07, 6.45) is 8.04. The molecule has 104 valence electrons. The first-order valence-electron chi connectivity index (χ1n) is 6.47. The van der Waals surface area contributed by atoms with Gasteiger partial charge in [-0.1, -0.05) is 12.3 Å². The van der Waals surface area contributed by atoms with Gasteiger partial charge in [0.15, 0.2) is 0 Å². The van der Waals surface area contributed by atoms with Crippen LogP contribution in [-0.2, 0) is 4.79 Å². The number of nitrogens with one attached hydrogen (secondary N) is 1. The molecule has 2 rings (SSSR count). The van der Waals surface area contributed by atoms with Crippen molar-refractivity contribution in [1.29, 1.82) is 0 Å². The maximum Gasteiger partial charge on any atom is 0.318 e. The molecule has 2 heterocycles. The van der Waals surface area contributed by atoms with E-state index in [1.807, 2.05) is 11.8 Å². The molecule has 0 aromatic carbocycles. The quantitative estimate of drug-likeness (QED) is 0.435. The number of unbranched alkanes of at least 4 members (excludes halogenated alkanes) is 1. The third kappa shape index (κ3) is 3.16. The fraction of sp³-hybridized carbons (Fsp3) is 0.692. The molecule has 3 atom stereocenters. The maximum absolute atomic E-state index is 11.8. The Balaban J connectivity index is 1.86. The highest BCUT2D eigenvalue weighted by Crippen LogP contribution is 2.37. The van der Waals surface area contributed by atoms with Gasteiger partial charge in [0, 0.05) is 17.4 Å². The number of urea groups is 1. The van der Waals surface area contributed by atoms with Gasteiger partial charge in [-0.25, -0.2) is 4.79 Å². The van der Waals surface area contributed by atoms with Crippen LogP contribution in [0.2, 0.25) is 0 Å². The summed E-state index contributed by atoms with van der Waals surface area (Å²) in [5.41, 5.74) is 0. The zero-order chi connectivity index (χ0) is 13.8. The molecule has 19 heavy (non-hydrogen) atoms. The van der Waals surface area contributed by atoms with Gasteiger partial charge >= 0.3 is 12.0 Å². The third-order valence-corrected chi connectivity index (χ3v) is 5.10. The Labute approximate surface area is 117 Å². The van der Waals surface area contributed by atoms with Crippen molar-refractivity contribution in [3.63, 3.8) is 0 Å². The lowest BCUT2D eigenvalue weighted by Gasteiger charge is -2.25. The first kappa shape index (κ1) is 14.1. The number of rotatable bonds is 6. The van der Waals surface area contributed by atoms with Gasteiger partial charge in [0.1, 0.15) is 0 Å². The Morgan fingerprint density at radius 3 is 3.05 bits per heavy atom. The zero-order valence-electron chi connectivity index (χ0n) is 10.7. The topological polar surface area (TPSA) is 69.6 Å². The lowest BCUT2D eigenvalue weighted by molar-refractivity contribution is -0.137. The van der Waals surface area contributed by atoms with E-state index in [1.165, 1.54) is 0 Å². The molecule has 0 radical (unpaired) electrons. The van der Waals surface area contributed by atoms with Crippen LogP contribution in [0.3, 0.4) is 0 Å². The average Bonchev–Trinajstić information content (AvgIpc) is 2.87. The molecule has 2 amide bonds. The van der Waals surface area contributed by atoms with E-state index in [-0.39, 0.29) is 24.5 Å². The van der Waals surface area contributed by atoms with Gasteiger partial charge < -0.3 is 15.3 Å². The molecular formula is C13H18N2O3S. The van der Waals surface area contributed by atoms with Crippen LogP contribution >= 0.6 is 11.8 Å². The van der Waals surface area contributed by atoms with Gasteiger partial charge in [-0.15, -0.1) is 6.42 Å². The minimum Gasteiger partial charge on any atom is -0.481 e. The van der Waals surface area contributed by atoms with Gasteiger partial charge in [-0.2, -0.15) is 11.8 Å². The van der Waals surface area contributed by atoms with Crippen molar-refractivity contribution >= 4 is 23.8 Å². The van der Waals surface area contributed by atoms with Crippen LogP contribution in [0.15, 0.2) is 0 Å². The first-order chi connectivity index (χ1) is 9.13. The van der Waals surface area contributed by atoms with E-state index in [4.69, 9.17) is 11.5 Å². The van der Waals surface area contributed by atoms with Crippen molar-refractivity contribution in [2.24, 2.45) is 0 Å². The Kier molecular flexibility index (Phi) is 4.59. The first-order valence-corrected chi connectivity index (χ1v) is 7.52. The molecule has 2 aliphatic rings. The number of terminal acetylenes is 1. The molecule has 0 aliphatic carbocycles. The Hall–Kier alpha value is -1.35. The van der Waals surface area contributed by atoms with Crippen molar-refractivity contribution in [3.05, 3.63) is 0 Å². The predicted octanol–water partition coefficient (Wildman–Crippen LogP) is 1.14. The zero-order valence-corrected chi connectivity index (χ0v) is 11.5. The van der Waals surface area contributed by atoms with E-state index in [2.05, 4.69) is 11.2 Å². The number of hydrogen-bond acceptors (Lipinski definition) is 3. The van der Waals surface area contributed by atoms with Crippen LogP contribution in [0, 0.1) is 12.3 Å². The summed E-state index contributed by atoms with van der Waals surface area (Å²) in [5.74, 6) is 2.70. The molecule has 0 aromatic heterocycles. The van der Waals surface area contributed by atoms with Crippen molar-refractivity contribution in [1.82, 2.24) is 10.2 Å². The molecule has 0 aromatic rings. The third-order valence-electron chi connectivity index (χ3n) is 3.60. The number of carboxylic acid groups (broad SMARTS) is 1. The summed E-state index contributed by atoms with van der Waals surface area (Å²) < 4.78 is 0. The summed E-state index contributed by atoms with van der Waals surface area (Å²) in [4.78, 5) is 24.0. The fourth-order valence-electron chi connectivity index (χ4n) is 2.76. The summed E-state index contributed by atoms with van der Waals surface area (Å²) in [6.45, 7) is 0.346. The average molecular weight is 282 g/mol. The van der Waals surface area contributed by atoms with Crippen molar-refractivity contribution in [3.8, 4) is 12.3 Å². The Bertz CT molecular complexity index is 407. The second-order valence-electron chi connectivity index (χ2n) is 4.89. The van der Waals surface area contributed by atoms with E-state index < -0.39 is 5.97 Å². The number of amides is 2. The highest BCUT2D eigenvalue weighted by Gasteiger charge is 2.47. The van der Waals surface area contributed by atoms with Crippen molar-refractivity contribution in [2.45, 2.75) is 43.0 Å². The lowest BCUT2D eigenvalue weighted by Crippen LogP contribution is -2.41. The summed E-state index contributed by atoms with van der Waals surface area (Å²) >= 11 is 1.85. The molecule has 0 bridgehead atoms. The number of nitrogens with zero attached hydrogens (tertiary/aromatic N) is 1. The number of hydrogen-bond donors (Lipinski definition) is 2. The predicted molar refractivity (Wildman–Crippen MR) is 74.0 cm³/mol. The van der Waals surface area contributed by atoms with Crippen LogP contribution in [0.5, 0.6) is 0 Å². The van der Waals surface area contributed by atoms with Crippen LogP contribution in [-0.4, -0.2) is 51.6 Å². The minimum atomic E-state index is -0.747. The van der Waals surface area contributed by atoms with E-state index in [9.17, 15) is 9.59 Å². The molecule has 0 spiro atoms. The molecule has 2 fully saturated rings. The van der Waals surface area contributed by atoms with E-state index in [0.717, 1.165) is 18.6 Å². The van der Waals surface area contributed by atoms with E-state index in [1.54, 1.807) is 4.90 Å². The Morgan fingerprint density at radius 1 is 1.58 bits per heavy atom. The van der Waals surface area contributed by atoms with E-state index >= 15 is 0 Å². The van der Waals surface area contributed by atoms with E-state index in [0.29, 0.717) is 18.2 Å². The van der Waals surface area contributed by atoms with Crippen molar-refractivity contribution < 1.29 is 14.7 Å². The number of carbonyl (C=O) groups excluding carboxylic acids is 1. The highest BCUT2D eigenvalue weighted by molar-refractivity contribution is 8.00. The molecule has 0 saturated carbocycles. The van der Waals surface area contributed by atoms with Gasteiger partial charge in [0.2, 0.25) is 0 Å². The second-order valence-corrected chi connectivity index (χ2v) is 6.16. The number of aliphatic carboxylic acids is 1. The van der Waals surface area contributed by atoms with Gasteiger partial charge in [0.25, 0.3) is 0 Å². The van der Waals surface area contributed by atoms with Crippen LogP contribution < -0.4 is 5.32 Å². The smallest absolute Gasteiger partial charge is 0.318 e. The standard InChI is InChI=1S/C13H18N2O3S/c1-2-7-15-12-9(14-13(15)18)8-19-10(12)5-3-4-6-11(16)17/h1,9-10,12H,3-8H2,(H,14,18)(H,16,17). The highest BCUT2D eigenvalue weighted by atomic mass is 32.2. The number of carbonyl (C=O) groups is 2. The minimum absolute atomic E-state index is 0.0659. The molecular weight excluding hydrogens is 264 g/mol. The monoisotopic (exact) mass is 282 g/mol. The van der Waals surface area contributed by atoms with Crippen molar-refractivity contribution in [2.75, 3.05) is 12.3 Å². The van der Waals surface area contributed by atoms with Gasteiger partial charge in [0.05, 0.1) is 18.6 Å². The van der Waals surface area contributed by atoms with Gasteiger partial charge in [-0.3, -0.25) is 4.79 Å². The van der Waals surface area contributed by atoms with Crippen LogP contribution in [0.1, 0.15) is 25.7 Å². The molecule has 3 unspecified atom stereocenters. The molecule has 2 saturated heterocycles. The SMILES string of the molecule is C#CCN1C(=O)NC2CSC(CCCCC(=O)O)C21. The normalized spacial score (nSPS) is 28.9. The number of thioether (sulfide) groups is 1. The molecule has 2 aliphatic heterocycles. The van der Waals surface area contributed by atoms with Crippen LogP contribution in [0.4, 0.5) is 4.79 Å². The number of fused-ring (bicyclic) bond motifs is 1. The number of carboxylic acids is 1. The Morgan fingerprint density at radius 2 is 2.37 bits per heavy atom. The van der Waals surface area contributed by atoms with Gasteiger partial charge in [-0.05, 0) is 12.8 Å². The molecule has 6 heteroatoms.